The Morgan fingerprint density at radius 3 is 1.75 bits per heavy atom. The molecule has 6 rings (SSSR count). The van der Waals surface area contributed by atoms with Gasteiger partial charge in [0.25, 0.3) is 0 Å². The number of benzene rings is 4. The number of nitrogens with zero attached hydrogens (tertiary/aromatic N) is 3. The molecule has 0 aliphatic carbocycles. The van der Waals surface area contributed by atoms with E-state index in [0.717, 1.165) is 38.0 Å². The van der Waals surface area contributed by atoms with Crippen LogP contribution in [-0.2, 0) is 0 Å². The first-order chi connectivity index (χ1) is 15.8. The normalized spacial score (nSPS) is 11.3. The quantitative estimate of drug-likeness (QED) is 0.262. The van der Waals surface area contributed by atoms with Crippen LogP contribution in [-0.4, -0.2) is 14.5 Å². The maximum absolute atomic E-state index is 5.04. The SMILES string of the molecule is Brc1ccc2c3ccccc3n(-c3nc(-c4ccccc4)cc(-c4ccccc4)n3)c2c1. The lowest BCUT2D eigenvalue weighted by atomic mass is 10.1. The third-order valence-electron chi connectivity index (χ3n) is 5.69. The summed E-state index contributed by atoms with van der Waals surface area (Å²) in [5.74, 6) is 0.662. The van der Waals surface area contributed by atoms with Crippen LogP contribution in [0.4, 0.5) is 0 Å². The lowest BCUT2D eigenvalue weighted by Crippen LogP contribution is -2.03. The molecule has 2 heterocycles. The van der Waals surface area contributed by atoms with E-state index in [9.17, 15) is 0 Å². The van der Waals surface area contributed by atoms with Gasteiger partial charge in [0.1, 0.15) is 0 Å². The van der Waals surface area contributed by atoms with E-state index >= 15 is 0 Å². The first-order valence-electron chi connectivity index (χ1n) is 10.5. The second-order valence-electron chi connectivity index (χ2n) is 7.68. The maximum atomic E-state index is 5.04. The van der Waals surface area contributed by atoms with Gasteiger partial charge in [0, 0.05) is 26.4 Å². The average Bonchev–Trinajstić information content (AvgIpc) is 3.18. The highest BCUT2D eigenvalue weighted by Gasteiger charge is 2.16. The second kappa shape index (κ2) is 7.74. The fourth-order valence-electron chi connectivity index (χ4n) is 4.21. The van der Waals surface area contributed by atoms with Crippen molar-refractivity contribution >= 4 is 37.7 Å². The van der Waals surface area contributed by atoms with E-state index in [-0.39, 0.29) is 0 Å². The van der Waals surface area contributed by atoms with Gasteiger partial charge in [-0.2, -0.15) is 0 Å². The number of aromatic nitrogens is 3. The van der Waals surface area contributed by atoms with Crippen LogP contribution in [0, 0.1) is 0 Å². The molecule has 2 aromatic heterocycles. The Morgan fingerprint density at radius 1 is 0.531 bits per heavy atom. The summed E-state index contributed by atoms with van der Waals surface area (Å²) in [6, 6.07) is 37.4. The number of para-hydroxylation sites is 1. The molecular weight excluding hydrogens is 458 g/mol. The first kappa shape index (κ1) is 19.0. The zero-order valence-electron chi connectivity index (χ0n) is 17.1. The van der Waals surface area contributed by atoms with Gasteiger partial charge < -0.3 is 0 Å². The van der Waals surface area contributed by atoms with Gasteiger partial charge in [0.05, 0.1) is 22.4 Å². The summed E-state index contributed by atoms with van der Waals surface area (Å²) in [7, 11) is 0. The Morgan fingerprint density at radius 2 is 1.09 bits per heavy atom. The summed E-state index contributed by atoms with van der Waals surface area (Å²) < 4.78 is 3.19. The third-order valence-corrected chi connectivity index (χ3v) is 6.18. The Bertz CT molecular complexity index is 1510. The minimum atomic E-state index is 0.662. The average molecular weight is 476 g/mol. The Kier molecular flexibility index (Phi) is 4.58. The van der Waals surface area contributed by atoms with Gasteiger partial charge in [0.15, 0.2) is 0 Å². The number of hydrogen-bond acceptors (Lipinski definition) is 2. The number of rotatable bonds is 3. The topological polar surface area (TPSA) is 30.7 Å². The predicted molar refractivity (Wildman–Crippen MR) is 135 cm³/mol. The van der Waals surface area contributed by atoms with E-state index in [4.69, 9.17) is 9.97 Å². The van der Waals surface area contributed by atoms with Gasteiger partial charge in [-0.3, -0.25) is 4.57 Å². The highest BCUT2D eigenvalue weighted by atomic mass is 79.9. The van der Waals surface area contributed by atoms with Gasteiger partial charge in [0.2, 0.25) is 5.95 Å². The fourth-order valence-corrected chi connectivity index (χ4v) is 4.56. The van der Waals surface area contributed by atoms with Crippen molar-refractivity contribution in [2.45, 2.75) is 0 Å². The van der Waals surface area contributed by atoms with E-state index in [1.54, 1.807) is 0 Å². The van der Waals surface area contributed by atoms with E-state index < -0.39 is 0 Å². The van der Waals surface area contributed by atoms with Crippen molar-refractivity contribution in [1.82, 2.24) is 14.5 Å². The first-order valence-corrected chi connectivity index (χ1v) is 11.3. The summed E-state index contributed by atoms with van der Waals surface area (Å²) in [6.45, 7) is 0. The zero-order valence-corrected chi connectivity index (χ0v) is 18.7. The van der Waals surface area contributed by atoms with Crippen molar-refractivity contribution in [3.05, 3.63) is 114 Å². The van der Waals surface area contributed by atoms with Gasteiger partial charge in [-0.25, -0.2) is 9.97 Å². The van der Waals surface area contributed by atoms with Crippen LogP contribution in [0.5, 0.6) is 0 Å². The molecule has 152 valence electrons. The molecule has 32 heavy (non-hydrogen) atoms. The Hall–Kier alpha value is -3.76. The minimum Gasteiger partial charge on any atom is -0.278 e. The van der Waals surface area contributed by atoms with E-state index in [1.807, 2.05) is 36.4 Å². The smallest absolute Gasteiger partial charge is 0.235 e. The van der Waals surface area contributed by atoms with Crippen molar-refractivity contribution in [2.75, 3.05) is 0 Å². The fraction of sp³-hybridized carbons (Fsp3) is 0. The molecule has 4 heteroatoms. The molecule has 0 saturated heterocycles. The second-order valence-corrected chi connectivity index (χ2v) is 8.60. The third kappa shape index (κ3) is 3.20. The lowest BCUT2D eigenvalue weighted by Gasteiger charge is -2.11. The molecule has 0 unspecified atom stereocenters. The Labute approximate surface area is 194 Å². The zero-order chi connectivity index (χ0) is 21.5. The summed E-state index contributed by atoms with van der Waals surface area (Å²) >= 11 is 3.64. The molecule has 0 radical (unpaired) electrons. The summed E-state index contributed by atoms with van der Waals surface area (Å²) in [5.41, 5.74) is 6.09. The molecule has 0 atom stereocenters. The number of hydrogen-bond donors (Lipinski definition) is 0. The Balaban J connectivity index is 1.70. The minimum absolute atomic E-state index is 0.662. The van der Waals surface area contributed by atoms with Crippen molar-refractivity contribution in [3.63, 3.8) is 0 Å². The van der Waals surface area contributed by atoms with Crippen LogP contribution < -0.4 is 0 Å². The molecular formula is C28H18BrN3. The van der Waals surface area contributed by atoms with Gasteiger partial charge in [-0.15, -0.1) is 0 Å². The van der Waals surface area contributed by atoms with E-state index in [2.05, 4.69) is 93.3 Å². The molecule has 4 aromatic carbocycles. The number of fused-ring (bicyclic) bond motifs is 3. The highest BCUT2D eigenvalue weighted by molar-refractivity contribution is 9.10. The predicted octanol–water partition coefficient (Wildman–Crippen LogP) is 7.67. The molecule has 0 fully saturated rings. The molecule has 0 aliphatic rings. The molecule has 3 nitrogen and oxygen atoms in total. The van der Waals surface area contributed by atoms with Crippen LogP contribution in [0.25, 0.3) is 50.3 Å². The van der Waals surface area contributed by atoms with Crippen LogP contribution in [0.2, 0.25) is 0 Å². The maximum Gasteiger partial charge on any atom is 0.235 e. The van der Waals surface area contributed by atoms with Crippen molar-refractivity contribution in [3.8, 4) is 28.5 Å². The van der Waals surface area contributed by atoms with Gasteiger partial charge in [-0.05, 0) is 24.3 Å². The molecule has 0 spiro atoms. The van der Waals surface area contributed by atoms with Gasteiger partial charge >= 0.3 is 0 Å². The van der Waals surface area contributed by atoms with Crippen LogP contribution in [0.15, 0.2) is 114 Å². The van der Waals surface area contributed by atoms with Crippen LogP contribution >= 0.6 is 15.9 Å². The van der Waals surface area contributed by atoms with E-state index in [1.165, 1.54) is 10.8 Å². The van der Waals surface area contributed by atoms with Crippen LogP contribution in [0.1, 0.15) is 0 Å². The van der Waals surface area contributed by atoms with Crippen LogP contribution in [0.3, 0.4) is 0 Å². The molecule has 0 N–H and O–H groups in total. The van der Waals surface area contributed by atoms with Gasteiger partial charge in [-0.1, -0.05) is 101 Å². The summed E-state index contributed by atoms with van der Waals surface area (Å²) in [4.78, 5) is 10.1. The molecule has 0 saturated carbocycles. The van der Waals surface area contributed by atoms with Crippen molar-refractivity contribution in [2.24, 2.45) is 0 Å². The number of halogens is 1. The van der Waals surface area contributed by atoms with E-state index in [0.29, 0.717) is 5.95 Å². The molecule has 0 bridgehead atoms. The monoisotopic (exact) mass is 475 g/mol. The molecule has 0 amide bonds. The summed E-state index contributed by atoms with van der Waals surface area (Å²) in [5, 5.41) is 2.36. The van der Waals surface area contributed by atoms with Crippen molar-refractivity contribution < 1.29 is 0 Å². The molecule has 0 aliphatic heterocycles. The lowest BCUT2D eigenvalue weighted by molar-refractivity contribution is 0.995. The largest absolute Gasteiger partial charge is 0.278 e. The molecule has 6 aromatic rings. The standard InChI is InChI=1S/C28H18BrN3/c29-21-15-16-23-22-13-7-8-14-26(22)32(27(23)17-21)28-30-24(19-9-3-1-4-10-19)18-25(31-28)20-11-5-2-6-12-20/h1-18H. The highest BCUT2D eigenvalue weighted by Crippen LogP contribution is 2.34. The summed E-state index contributed by atoms with van der Waals surface area (Å²) in [6.07, 6.45) is 0. The van der Waals surface area contributed by atoms with Crippen molar-refractivity contribution in [1.29, 1.82) is 0 Å².